The van der Waals surface area contributed by atoms with Gasteiger partial charge in [0.2, 0.25) is 11.8 Å². The number of rotatable bonds is 5. The second kappa shape index (κ2) is 8.87. The molecule has 8 heteroatoms. The normalized spacial score (nSPS) is 38.9. The monoisotopic (exact) mass is 460 g/mol. The fourth-order valence-corrected chi connectivity index (χ4v) is 6.12. The van der Waals surface area contributed by atoms with Crippen LogP contribution in [0.4, 0.5) is 0 Å². The number of allylic oxidation sites excluding steroid dienone is 1. The Morgan fingerprint density at radius 1 is 1.12 bits per heavy atom. The number of fused-ring (bicyclic) bond motifs is 2. The molecule has 4 heterocycles. The first-order chi connectivity index (χ1) is 15.7. The molecule has 2 amide bonds. The summed E-state index contributed by atoms with van der Waals surface area (Å²) >= 11 is 0. The van der Waals surface area contributed by atoms with Crippen LogP contribution in [0.2, 0.25) is 0 Å². The third kappa shape index (κ3) is 3.62. The van der Waals surface area contributed by atoms with Crippen molar-refractivity contribution in [1.82, 2.24) is 9.80 Å². The number of aliphatic hydroxyl groups excluding tert-OH is 1. The zero-order valence-corrected chi connectivity index (χ0v) is 20.0. The first-order valence-corrected chi connectivity index (χ1v) is 12.2. The van der Waals surface area contributed by atoms with Gasteiger partial charge >= 0.3 is 5.97 Å². The van der Waals surface area contributed by atoms with Gasteiger partial charge in [-0.15, -0.1) is 0 Å². The van der Waals surface area contributed by atoms with Crippen LogP contribution in [0.25, 0.3) is 0 Å². The molecule has 182 valence electrons. The van der Waals surface area contributed by atoms with Crippen molar-refractivity contribution < 1.29 is 29.0 Å². The molecule has 33 heavy (non-hydrogen) atoms. The lowest BCUT2D eigenvalue weighted by Crippen LogP contribution is -2.59. The average molecular weight is 461 g/mol. The number of carbonyl (C=O) groups excluding carboxylic acids is 3. The molecule has 0 radical (unpaired) electrons. The molecule has 4 rings (SSSR count). The molecule has 2 saturated heterocycles. The third-order valence-electron chi connectivity index (χ3n) is 7.70. The van der Waals surface area contributed by atoms with Crippen LogP contribution >= 0.6 is 0 Å². The third-order valence-corrected chi connectivity index (χ3v) is 7.70. The van der Waals surface area contributed by atoms with Gasteiger partial charge in [-0.05, 0) is 40.0 Å². The molecular formula is C25H36N2O6. The summed E-state index contributed by atoms with van der Waals surface area (Å²) < 4.78 is 12.2. The molecule has 4 aliphatic heterocycles. The van der Waals surface area contributed by atoms with Crippen LogP contribution in [0.15, 0.2) is 24.3 Å². The highest BCUT2D eigenvalue weighted by Gasteiger charge is 2.75. The number of carbonyl (C=O) groups is 3. The fourth-order valence-electron chi connectivity index (χ4n) is 6.12. The van der Waals surface area contributed by atoms with Gasteiger partial charge in [-0.1, -0.05) is 37.6 Å². The van der Waals surface area contributed by atoms with E-state index in [1.54, 1.807) is 18.7 Å². The van der Waals surface area contributed by atoms with Crippen LogP contribution in [0.1, 0.15) is 53.4 Å². The molecule has 0 bridgehead atoms. The maximum absolute atomic E-state index is 14.0. The number of likely N-dealkylation sites (tertiary alicyclic amines) is 1. The Labute approximate surface area is 195 Å². The molecule has 8 nitrogen and oxygen atoms in total. The Kier molecular flexibility index (Phi) is 6.44. The van der Waals surface area contributed by atoms with Crippen LogP contribution in [-0.4, -0.2) is 81.8 Å². The van der Waals surface area contributed by atoms with Crippen molar-refractivity contribution >= 4 is 17.8 Å². The highest BCUT2D eigenvalue weighted by atomic mass is 16.6. The van der Waals surface area contributed by atoms with Gasteiger partial charge in [0.1, 0.15) is 17.6 Å². The van der Waals surface area contributed by atoms with Crippen molar-refractivity contribution in [1.29, 1.82) is 0 Å². The van der Waals surface area contributed by atoms with E-state index >= 15 is 0 Å². The van der Waals surface area contributed by atoms with E-state index in [0.29, 0.717) is 13.0 Å². The molecule has 2 unspecified atom stereocenters. The number of nitrogens with zero attached hydrogens (tertiary/aromatic N) is 2. The highest BCUT2D eigenvalue weighted by Crippen LogP contribution is 2.57. The van der Waals surface area contributed by atoms with Gasteiger partial charge in [-0.2, -0.15) is 0 Å². The minimum atomic E-state index is -1.31. The molecule has 0 saturated carbocycles. The number of aliphatic hydroxyl groups is 1. The summed E-state index contributed by atoms with van der Waals surface area (Å²) in [5, 5.41) is 9.95. The number of cyclic esters (lactones) is 1. The van der Waals surface area contributed by atoms with E-state index in [1.165, 1.54) is 4.90 Å². The SMILES string of the molecule is CCCC(C)N1CC=C[C@]23O[C@@]4(C)/C=C\CCCOC(=O)[C@H]4[C@H]2C(=O)N([C@H](C)CO)C3C1=O. The van der Waals surface area contributed by atoms with Gasteiger partial charge in [0, 0.05) is 12.6 Å². The number of esters is 1. The van der Waals surface area contributed by atoms with Crippen LogP contribution in [-0.2, 0) is 23.9 Å². The average Bonchev–Trinajstić information content (AvgIpc) is 3.13. The van der Waals surface area contributed by atoms with Crippen LogP contribution < -0.4 is 0 Å². The largest absolute Gasteiger partial charge is 0.465 e. The van der Waals surface area contributed by atoms with Gasteiger partial charge in [0.05, 0.1) is 30.8 Å². The van der Waals surface area contributed by atoms with Gasteiger partial charge in [-0.3, -0.25) is 14.4 Å². The summed E-state index contributed by atoms with van der Waals surface area (Å²) in [4.78, 5) is 44.5. The molecule has 1 N–H and O–H groups in total. The summed E-state index contributed by atoms with van der Waals surface area (Å²) in [5.41, 5.74) is -2.39. The quantitative estimate of drug-likeness (QED) is 0.497. The Morgan fingerprint density at radius 3 is 2.58 bits per heavy atom. The topological polar surface area (TPSA) is 96.4 Å². The van der Waals surface area contributed by atoms with E-state index in [-0.39, 0.29) is 31.1 Å². The molecule has 2 fully saturated rings. The number of hydrogen-bond donors (Lipinski definition) is 1. The predicted molar refractivity (Wildman–Crippen MR) is 121 cm³/mol. The summed E-state index contributed by atoms with van der Waals surface area (Å²) in [6.07, 6.45) is 10.7. The van der Waals surface area contributed by atoms with E-state index in [1.807, 2.05) is 31.2 Å². The van der Waals surface area contributed by atoms with Crippen molar-refractivity contribution in [2.75, 3.05) is 19.8 Å². The van der Waals surface area contributed by atoms with Crippen LogP contribution in [0, 0.1) is 11.8 Å². The zero-order chi connectivity index (χ0) is 24.0. The van der Waals surface area contributed by atoms with Crippen molar-refractivity contribution in [2.24, 2.45) is 11.8 Å². The Balaban J connectivity index is 1.87. The molecule has 0 aromatic carbocycles. The molecule has 4 aliphatic rings. The summed E-state index contributed by atoms with van der Waals surface area (Å²) in [6.45, 7) is 8.00. The molecule has 0 aromatic rings. The maximum Gasteiger partial charge on any atom is 0.313 e. The second-order valence-electron chi connectivity index (χ2n) is 10.0. The van der Waals surface area contributed by atoms with E-state index in [2.05, 4.69) is 6.92 Å². The van der Waals surface area contributed by atoms with Gasteiger partial charge in [-0.25, -0.2) is 0 Å². The highest BCUT2D eigenvalue weighted by molar-refractivity contribution is 5.99. The smallest absolute Gasteiger partial charge is 0.313 e. The van der Waals surface area contributed by atoms with E-state index in [4.69, 9.17) is 9.47 Å². The van der Waals surface area contributed by atoms with E-state index < -0.39 is 41.1 Å². The van der Waals surface area contributed by atoms with Crippen LogP contribution in [0.5, 0.6) is 0 Å². The molecule has 0 aromatic heterocycles. The van der Waals surface area contributed by atoms with Crippen molar-refractivity contribution in [3.8, 4) is 0 Å². The van der Waals surface area contributed by atoms with Crippen molar-refractivity contribution in [2.45, 2.75) is 82.7 Å². The Morgan fingerprint density at radius 2 is 1.88 bits per heavy atom. The first-order valence-electron chi connectivity index (χ1n) is 12.2. The van der Waals surface area contributed by atoms with Crippen molar-refractivity contribution in [3.05, 3.63) is 24.3 Å². The van der Waals surface area contributed by atoms with Crippen LogP contribution in [0.3, 0.4) is 0 Å². The van der Waals surface area contributed by atoms with Gasteiger partial charge < -0.3 is 24.4 Å². The summed E-state index contributed by atoms with van der Waals surface area (Å²) in [5.74, 6) is -2.81. The minimum absolute atomic E-state index is 0.0122. The number of hydrogen-bond acceptors (Lipinski definition) is 6. The zero-order valence-electron chi connectivity index (χ0n) is 20.0. The molecule has 0 aliphatic carbocycles. The second-order valence-corrected chi connectivity index (χ2v) is 10.0. The first kappa shape index (κ1) is 24.0. The number of ether oxygens (including phenoxy) is 2. The minimum Gasteiger partial charge on any atom is -0.465 e. The molecule has 1 spiro atoms. The van der Waals surface area contributed by atoms with E-state index in [9.17, 15) is 19.5 Å². The van der Waals surface area contributed by atoms with E-state index in [0.717, 1.165) is 19.3 Å². The van der Waals surface area contributed by atoms with Crippen molar-refractivity contribution in [3.63, 3.8) is 0 Å². The molecular weight excluding hydrogens is 424 g/mol. The standard InChI is InChI=1S/C25H36N2O6/c1-5-10-16(2)26-13-9-12-25-18(21(29)27(17(3)15-28)20(25)22(26)30)19-23(31)32-14-8-6-7-11-24(19,4)33-25/h7,9,11-12,16-20,28H,5-6,8,10,13-15H2,1-4H3/b11-7-/t16?,17-,18+,19-,20?,24+,25+/m1/s1. The summed E-state index contributed by atoms with van der Waals surface area (Å²) in [6, 6.07) is -1.56. The molecule has 7 atom stereocenters. The lowest BCUT2D eigenvalue weighted by Gasteiger charge is -2.40. The summed E-state index contributed by atoms with van der Waals surface area (Å²) in [7, 11) is 0. The lowest BCUT2D eigenvalue weighted by molar-refractivity contribution is -0.161. The predicted octanol–water partition coefficient (Wildman–Crippen LogP) is 1.82. The Hall–Kier alpha value is -2.19. The van der Waals surface area contributed by atoms with Gasteiger partial charge in [0.15, 0.2) is 0 Å². The van der Waals surface area contributed by atoms with Gasteiger partial charge in [0.25, 0.3) is 0 Å². The number of amides is 2. The Bertz CT molecular complexity index is 871. The maximum atomic E-state index is 14.0. The lowest BCUT2D eigenvalue weighted by atomic mass is 9.74. The fraction of sp³-hybridized carbons (Fsp3) is 0.720.